The van der Waals surface area contributed by atoms with E-state index in [4.69, 9.17) is 21.4 Å². The van der Waals surface area contributed by atoms with Crippen LogP contribution in [0, 0.1) is 0 Å². The van der Waals surface area contributed by atoms with Gasteiger partial charge < -0.3 is 9.84 Å². The molecule has 114 valence electrons. The molecule has 1 heterocycles. The Morgan fingerprint density at radius 3 is 2.67 bits per heavy atom. The van der Waals surface area contributed by atoms with Gasteiger partial charge in [-0.1, -0.05) is 18.5 Å². The Balaban J connectivity index is 2.53. The Morgan fingerprint density at radius 2 is 2.14 bits per heavy atom. The first kappa shape index (κ1) is 16.0. The molecule has 0 fully saturated rings. The average Bonchev–Trinajstić information content (AvgIpc) is 2.37. The first-order chi connectivity index (χ1) is 9.74. The summed E-state index contributed by atoms with van der Waals surface area (Å²) in [5.74, 6) is -1.01. The van der Waals surface area contributed by atoms with Gasteiger partial charge >= 0.3 is 12.1 Å². The van der Waals surface area contributed by atoms with Crippen LogP contribution in [0.15, 0.2) is 22.6 Å². The lowest BCUT2D eigenvalue weighted by molar-refractivity contribution is -0.187. The molecule has 0 aromatic heterocycles. The highest BCUT2D eigenvalue weighted by atomic mass is 35.5. The summed E-state index contributed by atoms with van der Waals surface area (Å²) in [7, 11) is 0. The lowest BCUT2D eigenvalue weighted by atomic mass is 10.0. The minimum atomic E-state index is -4.81. The van der Waals surface area contributed by atoms with Crippen molar-refractivity contribution in [3.8, 4) is 5.75 Å². The Hall–Kier alpha value is -1.34. The fourth-order valence-electron chi connectivity index (χ4n) is 1.88. The minimum Gasteiger partial charge on any atom is -0.478 e. The van der Waals surface area contributed by atoms with Gasteiger partial charge in [0.2, 0.25) is 6.10 Å². The van der Waals surface area contributed by atoms with Crippen molar-refractivity contribution in [3.63, 3.8) is 0 Å². The number of thioether (sulfide) groups is 1. The van der Waals surface area contributed by atoms with Crippen LogP contribution in [0.1, 0.15) is 12.5 Å². The summed E-state index contributed by atoms with van der Waals surface area (Å²) in [4.78, 5) is 11.6. The first-order valence-electron chi connectivity index (χ1n) is 5.88. The van der Waals surface area contributed by atoms with Gasteiger partial charge in [0.05, 0.1) is 10.6 Å². The van der Waals surface area contributed by atoms with Crippen molar-refractivity contribution in [3.05, 3.63) is 28.3 Å². The number of rotatable bonds is 3. The molecule has 3 nitrogen and oxygen atoms in total. The SMILES string of the molecule is CCSc1cc2c(cc1Cl)C=C(C(=O)O)C(C(F)(F)F)O2. The van der Waals surface area contributed by atoms with Gasteiger partial charge in [0, 0.05) is 10.5 Å². The number of hydrogen-bond acceptors (Lipinski definition) is 3. The van der Waals surface area contributed by atoms with E-state index in [2.05, 4.69) is 0 Å². The van der Waals surface area contributed by atoms with Crippen molar-refractivity contribution in [1.82, 2.24) is 0 Å². The smallest absolute Gasteiger partial charge is 0.430 e. The number of alkyl halides is 3. The van der Waals surface area contributed by atoms with Crippen LogP contribution in [0.4, 0.5) is 13.2 Å². The van der Waals surface area contributed by atoms with Crippen molar-refractivity contribution in [2.75, 3.05) is 5.75 Å². The largest absolute Gasteiger partial charge is 0.478 e. The normalized spacial score (nSPS) is 17.8. The van der Waals surface area contributed by atoms with Crippen molar-refractivity contribution in [1.29, 1.82) is 0 Å². The van der Waals surface area contributed by atoms with Gasteiger partial charge in [-0.25, -0.2) is 4.79 Å². The van der Waals surface area contributed by atoms with Crippen LogP contribution in [0.3, 0.4) is 0 Å². The molecule has 1 aliphatic heterocycles. The van der Waals surface area contributed by atoms with Crippen LogP contribution in [-0.2, 0) is 4.79 Å². The zero-order valence-corrected chi connectivity index (χ0v) is 12.3. The van der Waals surface area contributed by atoms with E-state index in [-0.39, 0.29) is 11.3 Å². The molecule has 0 bridgehead atoms. The molecular weight excluding hydrogens is 329 g/mol. The third-order valence-corrected chi connectivity index (χ3v) is 4.11. The van der Waals surface area contributed by atoms with Gasteiger partial charge in [-0.15, -0.1) is 11.8 Å². The maximum absolute atomic E-state index is 12.9. The molecule has 0 aliphatic carbocycles. The first-order valence-corrected chi connectivity index (χ1v) is 7.25. The molecule has 8 heteroatoms. The summed E-state index contributed by atoms with van der Waals surface area (Å²) in [6.45, 7) is 1.88. The fraction of sp³-hybridized carbons (Fsp3) is 0.308. The minimum absolute atomic E-state index is 0.0253. The Morgan fingerprint density at radius 1 is 1.48 bits per heavy atom. The number of halogens is 4. The topological polar surface area (TPSA) is 46.5 Å². The molecule has 1 atom stereocenters. The summed E-state index contributed by atoms with van der Waals surface area (Å²) in [6.07, 6.45) is -6.34. The predicted molar refractivity (Wildman–Crippen MR) is 73.9 cm³/mol. The monoisotopic (exact) mass is 338 g/mol. The molecule has 1 aromatic carbocycles. The standard InChI is InChI=1S/C13H10ClF3O3S/c1-2-21-10-5-9-6(4-8(10)14)3-7(12(18)19)11(20-9)13(15,16)17/h3-5,11H,2H2,1H3,(H,18,19). The molecule has 0 saturated heterocycles. The van der Waals surface area contributed by atoms with Crippen LogP contribution in [0.5, 0.6) is 5.75 Å². The molecule has 1 aliphatic rings. The maximum Gasteiger partial charge on any atom is 0.430 e. The second-order valence-corrected chi connectivity index (χ2v) is 5.91. The molecular formula is C13H10ClF3O3S. The Bertz CT molecular complexity index is 613. The molecule has 1 aromatic rings. The third-order valence-electron chi connectivity index (χ3n) is 2.75. The van der Waals surface area contributed by atoms with Crippen molar-refractivity contribution < 1.29 is 27.8 Å². The summed E-state index contributed by atoms with van der Waals surface area (Å²) < 4.78 is 43.6. The number of carbonyl (C=O) groups is 1. The van der Waals surface area contributed by atoms with Crippen LogP contribution in [0.2, 0.25) is 5.02 Å². The quantitative estimate of drug-likeness (QED) is 0.837. The van der Waals surface area contributed by atoms with E-state index < -0.39 is 23.8 Å². The number of aliphatic carboxylic acids is 1. The molecule has 0 spiro atoms. The molecule has 21 heavy (non-hydrogen) atoms. The summed E-state index contributed by atoms with van der Waals surface area (Å²) >= 11 is 7.38. The van der Waals surface area contributed by atoms with E-state index in [1.165, 1.54) is 23.9 Å². The summed E-state index contributed by atoms with van der Waals surface area (Å²) in [6, 6.07) is 2.81. The zero-order chi connectivity index (χ0) is 15.8. The molecule has 0 radical (unpaired) electrons. The fourth-order valence-corrected chi connectivity index (χ4v) is 2.92. The highest BCUT2D eigenvalue weighted by Gasteiger charge is 2.48. The lowest BCUT2D eigenvalue weighted by Crippen LogP contribution is -2.40. The van der Waals surface area contributed by atoms with Gasteiger partial charge in [-0.2, -0.15) is 13.2 Å². The number of benzene rings is 1. The van der Waals surface area contributed by atoms with Crippen molar-refractivity contribution in [2.24, 2.45) is 0 Å². The number of hydrogen-bond donors (Lipinski definition) is 1. The molecule has 0 saturated carbocycles. The third kappa shape index (κ3) is 3.29. The second kappa shape index (κ2) is 5.81. The maximum atomic E-state index is 12.9. The van der Waals surface area contributed by atoms with Gasteiger partial charge in [0.1, 0.15) is 5.75 Å². The van der Waals surface area contributed by atoms with Crippen LogP contribution < -0.4 is 4.74 Å². The van der Waals surface area contributed by atoms with E-state index in [9.17, 15) is 18.0 Å². The van der Waals surface area contributed by atoms with E-state index >= 15 is 0 Å². The van der Waals surface area contributed by atoms with E-state index in [0.29, 0.717) is 15.7 Å². The van der Waals surface area contributed by atoms with E-state index in [1.54, 1.807) is 0 Å². The molecule has 0 amide bonds. The van der Waals surface area contributed by atoms with Gasteiger partial charge in [0.15, 0.2) is 0 Å². The Labute approximate surface area is 127 Å². The molecule has 1 N–H and O–H groups in total. The molecule has 2 rings (SSSR count). The van der Waals surface area contributed by atoms with Crippen LogP contribution in [0.25, 0.3) is 6.08 Å². The van der Waals surface area contributed by atoms with E-state index in [1.807, 2.05) is 6.92 Å². The van der Waals surface area contributed by atoms with Crippen molar-refractivity contribution in [2.45, 2.75) is 24.1 Å². The number of ether oxygens (including phenoxy) is 1. The average molecular weight is 339 g/mol. The van der Waals surface area contributed by atoms with Crippen molar-refractivity contribution >= 4 is 35.4 Å². The predicted octanol–water partition coefficient (Wildman–Crippen LogP) is 4.24. The number of carboxylic acids is 1. The summed E-state index contributed by atoms with van der Waals surface area (Å²) in [5.41, 5.74) is -0.639. The summed E-state index contributed by atoms with van der Waals surface area (Å²) in [5, 5.41) is 9.26. The van der Waals surface area contributed by atoms with Gasteiger partial charge in [-0.3, -0.25) is 0 Å². The second-order valence-electron chi connectivity index (χ2n) is 4.20. The van der Waals surface area contributed by atoms with Gasteiger partial charge in [0.25, 0.3) is 0 Å². The van der Waals surface area contributed by atoms with Crippen LogP contribution >= 0.6 is 23.4 Å². The van der Waals surface area contributed by atoms with Gasteiger partial charge in [-0.05, 0) is 24.0 Å². The highest BCUT2D eigenvalue weighted by Crippen LogP contribution is 2.41. The zero-order valence-electron chi connectivity index (χ0n) is 10.7. The number of fused-ring (bicyclic) bond motifs is 1. The lowest BCUT2D eigenvalue weighted by Gasteiger charge is -2.27. The van der Waals surface area contributed by atoms with Crippen LogP contribution in [-0.4, -0.2) is 29.1 Å². The number of carboxylic acid groups (broad SMARTS) is 1. The Kier molecular flexibility index (Phi) is 4.43. The molecule has 1 unspecified atom stereocenters. The van der Waals surface area contributed by atoms with E-state index in [0.717, 1.165) is 6.08 Å². The highest BCUT2D eigenvalue weighted by molar-refractivity contribution is 7.99.